The number of hydrogen-bond acceptors (Lipinski definition) is 2. The Kier molecular flexibility index (Phi) is 4.94. The molecule has 2 aliphatic carbocycles. The second kappa shape index (κ2) is 6.13. The first kappa shape index (κ1) is 15.3. The third-order valence-electron chi connectivity index (χ3n) is 5.87. The smallest absolute Gasteiger partial charge is 0.0271 e. The van der Waals surface area contributed by atoms with E-state index in [1.807, 2.05) is 0 Å². The molecule has 19 heavy (non-hydrogen) atoms. The zero-order valence-electron chi connectivity index (χ0n) is 13.7. The van der Waals surface area contributed by atoms with Crippen molar-refractivity contribution in [3.05, 3.63) is 0 Å². The van der Waals surface area contributed by atoms with E-state index in [1.54, 1.807) is 0 Å². The van der Waals surface area contributed by atoms with Gasteiger partial charge in [0.05, 0.1) is 0 Å². The van der Waals surface area contributed by atoms with Crippen LogP contribution < -0.4 is 5.32 Å². The first-order valence-corrected chi connectivity index (χ1v) is 8.35. The van der Waals surface area contributed by atoms with Crippen LogP contribution in [0.1, 0.15) is 65.7 Å². The maximum atomic E-state index is 3.63. The molecule has 2 saturated carbocycles. The third-order valence-corrected chi connectivity index (χ3v) is 5.87. The van der Waals surface area contributed by atoms with Gasteiger partial charge in [-0.25, -0.2) is 0 Å². The Labute approximate surface area is 120 Å². The summed E-state index contributed by atoms with van der Waals surface area (Å²) >= 11 is 0. The lowest BCUT2D eigenvalue weighted by Crippen LogP contribution is -2.59. The molecule has 2 rings (SSSR count). The lowest BCUT2D eigenvalue weighted by atomic mass is 9.70. The van der Waals surface area contributed by atoms with Crippen molar-refractivity contribution < 1.29 is 0 Å². The second-order valence-corrected chi connectivity index (χ2v) is 7.81. The molecule has 2 nitrogen and oxygen atoms in total. The highest BCUT2D eigenvalue weighted by molar-refractivity contribution is 4.98. The van der Waals surface area contributed by atoms with E-state index in [-0.39, 0.29) is 0 Å². The van der Waals surface area contributed by atoms with E-state index in [9.17, 15) is 0 Å². The van der Waals surface area contributed by atoms with Crippen LogP contribution in [0.25, 0.3) is 0 Å². The average Bonchev–Trinajstić information content (AvgIpc) is 2.36. The van der Waals surface area contributed by atoms with E-state index in [2.05, 4.69) is 45.1 Å². The highest BCUT2D eigenvalue weighted by Gasteiger charge is 2.41. The van der Waals surface area contributed by atoms with Gasteiger partial charge in [0, 0.05) is 18.1 Å². The zero-order chi connectivity index (χ0) is 14.0. The molecule has 0 aromatic heterocycles. The van der Waals surface area contributed by atoms with E-state index in [0.29, 0.717) is 11.5 Å². The second-order valence-electron chi connectivity index (χ2n) is 7.81. The SMILES string of the molecule is CNC1C(N(C)C2CCCC(C)C2)CCCC1(C)C. The maximum absolute atomic E-state index is 3.63. The summed E-state index contributed by atoms with van der Waals surface area (Å²) in [6.07, 6.45) is 9.81. The van der Waals surface area contributed by atoms with Crippen molar-refractivity contribution in [2.45, 2.75) is 83.8 Å². The highest BCUT2D eigenvalue weighted by Crippen LogP contribution is 2.39. The fraction of sp³-hybridized carbons (Fsp3) is 1.00. The number of likely N-dealkylation sites (N-methyl/N-ethyl adjacent to an activating group) is 2. The van der Waals surface area contributed by atoms with Gasteiger partial charge in [-0.2, -0.15) is 0 Å². The zero-order valence-corrected chi connectivity index (χ0v) is 13.7. The lowest BCUT2D eigenvalue weighted by Gasteiger charge is -2.50. The van der Waals surface area contributed by atoms with Crippen LogP contribution in [0.5, 0.6) is 0 Å². The molecule has 0 heterocycles. The summed E-state index contributed by atoms with van der Waals surface area (Å²) < 4.78 is 0. The molecule has 0 radical (unpaired) electrons. The van der Waals surface area contributed by atoms with Crippen LogP contribution in [0.2, 0.25) is 0 Å². The summed E-state index contributed by atoms with van der Waals surface area (Å²) in [4.78, 5) is 2.73. The summed E-state index contributed by atoms with van der Waals surface area (Å²) in [5, 5.41) is 3.63. The van der Waals surface area contributed by atoms with Gasteiger partial charge in [-0.3, -0.25) is 4.90 Å². The Morgan fingerprint density at radius 1 is 1.11 bits per heavy atom. The molecule has 0 saturated heterocycles. The first-order valence-electron chi connectivity index (χ1n) is 8.35. The van der Waals surface area contributed by atoms with Gasteiger partial charge < -0.3 is 5.32 Å². The Hall–Kier alpha value is -0.0800. The Bertz CT molecular complexity index is 287. The lowest BCUT2D eigenvalue weighted by molar-refractivity contribution is 0.0272. The average molecular weight is 266 g/mol. The molecule has 4 unspecified atom stereocenters. The normalized spacial score (nSPS) is 39.5. The monoisotopic (exact) mass is 266 g/mol. The summed E-state index contributed by atoms with van der Waals surface area (Å²) in [5.41, 5.74) is 0.437. The Morgan fingerprint density at radius 3 is 2.47 bits per heavy atom. The van der Waals surface area contributed by atoms with Crippen LogP contribution in [0, 0.1) is 11.3 Å². The minimum absolute atomic E-state index is 0.437. The van der Waals surface area contributed by atoms with Crippen LogP contribution >= 0.6 is 0 Å². The number of rotatable bonds is 3. The number of hydrogen-bond donors (Lipinski definition) is 1. The molecule has 2 heteroatoms. The van der Waals surface area contributed by atoms with Gasteiger partial charge in [0.15, 0.2) is 0 Å². The molecule has 0 bridgehead atoms. The summed E-state index contributed by atoms with van der Waals surface area (Å²) in [6.45, 7) is 7.32. The highest BCUT2D eigenvalue weighted by atomic mass is 15.2. The van der Waals surface area contributed by atoms with E-state index >= 15 is 0 Å². The van der Waals surface area contributed by atoms with Crippen molar-refractivity contribution in [1.29, 1.82) is 0 Å². The fourth-order valence-corrected chi connectivity index (χ4v) is 4.67. The molecule has 2 aliphatic rings. The number of nitrogens with zero attached hydrogens (tertiary/aromatic N) is 1. The van der Waals surface area contributed by atoms with Crippen molar-refractivity contribution in [2.24, 2.45) is 11.3 Å². The largest absolute Gasteiger partial charge is 0.315 e. The molecule has 0 aromatic rings. The van der Waals surface area contributed by atoms with Gasteiger partial charge in [0.1, 0.15) is 0 Å². The molecule has 0 aliphatic heterocycles. The summed E-state index contributed by atoms with van der Waals surface area (Å²) in [6, 6.07) is 2.19. The predicted molar refractivity (Wildman–Crippen MR) is 83.5 cm³/mol. The molecule has 0 spiro atoms. The molecule has 4 atom stereocenters. The predicted octanol–water partition coefficient (Wildman–Crippen LogP) is 3.66. The van der Waals surface area contributed by atoms with Gasteiger partial charge in [0.2, 0.25) is 0 Å². The third kappa shape index (κ3) is 3.33. The van der Waals surface area contributed by atoms with Gasteiger partial charge in [-0.1, -0.05) is 40.0 Å². The van der Waals surface area contributed by atoms with Gasteiger partial charge in [-0.15, -0.1) is 0 Å². The van der Waals surface area contributed by atoms with Crippen molar-refractivity contribution in [3.63, 3.8) is 0 Å². The van der Waals surface area contributed by atoms with Crippen LogP contribution in [-0.2, 0) is 0 Å². The van der Waals surface area contributed by atoms with Gasteiger partial charge >= 0.3 is 0 Å². The molecule has 1 N–H and O–H groups in total. The van der Waals surface area contributed by atoms with Gasteiger partial charge in [0.25, 0.3) is 0 Å². The topological polar surface area (TPSA) is 15.3 Å². The van der Waals surface area contributed by atoms with Crippen molar-refractivity contribution in [2.75, 3.05) is 14.1 Å². The molecule has 112 valence electrons. The summed E-state index contributed by atoms with van der Waals surface area (Å²) in [7, 11) is 4.54. The molecule has 0 aromatic carbocycles. The molecular formula is C17H34N2. The standard InChI is InChI=1S/C17H34N2/c1-13-8-6-9-14(12-13)19(5)15-10-7-11-17(2,3)16(15)18-4/h13-16,18H,6-12H2,1-5H3. The quantitative estimate of drug-likeness (QED) is 0.838. The van der Waals surface area contributed by atoms with Crippen LogP contribution in [0.3, 0.4) is 0 Å². The van der Waals surface area contributed by atoms with Crippen molar-refractivity contribution in [1.82, 2.24) is 10.2 Å². The van der Waals surface area contributed by atoms with E-state index in [1.165, 1.54) is 44.9 Å². The van der Waals surface area contributed by atoms with E-state index in [0.717, 1.165) is 18.0 Å². The van der Waals surface area contributed by atoms with E-state index < -0.39 is 0 Å². The first-order chi connectivity index (χ1) is 8.95. The summed E-state index contributed by atoms with van der Waals surface area (Å²) in [5.74, 6) is 0.922. The van der Waals surface area contributed by atoms with Crippen LogP contribution in [-0.4, -0.2) is 37.1 Å². The van der Waals surface area contributed by atoms with Crippen LogP contribution in [0.15, 0.2) is 0 Å². The van der Waals surface area contributed by atoms with E-state index in [4.69, 9.17) is 0 Å². The van der Waals surface area contributed by atoms with Crippen LogP contribution in [0.4, 0.5) is 0 Å². The molecular weight excluding hydrogens is 232 g/mol. The Morgan fingerprint density at radius 2 is 1.84 bits per heavy atom. The Balaban J connectivity index is 2.05. The van der Waals surface area contributed by atoms with Crippen molar-refractivity contribution >= 4 is 0 Å². The minimum atomic E-state index is 0.437. The minimum Gasteiger partial charge on any atom is -0.315 e. The van der Waals surface area contributed by atoms with Gasteiger partial charge in [-0.05, 0) is 51.1 Å². The fourth-order valence-electron chi connectivity index (χ4n) is 4.67. The number of nitrogens with one attached hydrogen (secondary N) is 1. The molecule has 0 amide bonds. The van der Waals surface area contributed by atoms with Crippen molar-refractivity contribution in [3.8, 4) is 0 Å². The maximum Gasteiger partial charge on any atom is 0.0271 e. The molecule has 2 fully saturated rings.